The van der Waals surface area contributed by atoms with E-state index in [-0.39, 0.29) is 16.1 Å². The number of rotatable bonds is 6. The van der Waals surface area contributed by atoms with Crippen LogP contribution in [0, 0.1) is 5.82 Å². The predicted molar refractivity (Wildman–Crippen MR) is 125 cm³/mol. The van der Waals surface area contributed by atoms with Gasteiger partial charge in [0.2, 0.25) is 10.0 Å². The van der Waals surface area contributed by atoms with Crippen LogP contribution in [0.3, 0.4) is 0 Å². The lowest BCUT2D eigenvalue weighted by molar-refractivity contribution is 0.102. The van der Waals surface area contributed by atoms with Gasteiger partial charge in [0.1, 0.15) is 5.82 Å². The lowest BCUT2D eigenvalue weighted by Gasteiger charge is -2.30. The molecular weight excluding hydrogens is 445 g/mol. The van der Waals surface area contributed by atoms with Crippen LogP contribution in [0.5, 0.6) is 0 Å². The molecule has 1 aliphatic heterocycles. The van der Waals surface area contributed by atoms with Gasteiger partial charge in [-0.05, 0) is 55.7 Å². The first-order valence-corrected chi connectivity index (χ1v) is 12.1. The van der Waals surface area contributed by atoms with Crippen LogP contribution in [0.1, 0.15) is 29.6 Å². The van der Waals surface area contributed by atoms with Crippen molar-refractivity contribution in [2.24, 2.45) is 0 Å². The van der Waals surface area contributed by atoms with Gasteiger partial charge in [-0.3, -0.25) is 4.79 Å². The van der Waals surface area contributed by atoms with Gasteiger partial charge in [-0.25, -0.2) is 22.1 Å². The molecular formula is C23H26FN5O3S. The van der Waals surface area contributed by atoms with E-state index in [9.17, 15) is 17.6 Å². The molecule has 3 aromatic rings. The molecule has 0 aliphatic carbocycles. The standard InChI is InChI=1S/C23H26FN5O3S/c1-27(2)33(31,32)18-7-9-21(28-11-4-3-5-12-28)19(15-18)23(30)26-17-6-8-22(20(24)14-17)29-13-10-25-16-29/h6-10,13-16H,3-5,11-12H2,1-2H3,(H,26,30). The summed E-state index contributed by atoms with van der Waals surface area (Å²) in [6, 6.07) is 8.97. The second-order valence-electron chi connectivity index (χ2n) is 8.10. The van der Waals surface area contributed by atoms with Gasteiger partial charge >= 0.3 is 0 Å². The molecule has 0 spiro atoms. The number of carbonyl (C=O) groups is 1. The number of hydrogen-bond donors (Lipinski definition) is 1. The number of carbonyl (C=O) groups excluding carboxylic acids is 1. The number of imidazole rings is 1. The predicted octanol–water partition coefficient (Wildman–Crippen LogP) is 3.50. The highest BCUT2D eigenvalue weighted by molar-refractivity contribution is 7.89. The average molecular weight is 472 g/mol. The molecule has 0 radical (unpaired) electrons. The van der Waals surface area contributed by atoms with Gasteiger partial charge in [0.15, 0.2) is 0 Å². The molecule has 2 heterocycles. The number of sulfonamides is 1. The number of aromatic nitrogens is 2. The number of amides is 1. The molecule has 4 rings (SSSR count). The third kappa shape index (κ3) is 4.76. The molecule has 0 bridgehead atoms. The Balaban J connectivity index is 1.68. The molecule has 1 fully saturated rings. The van der Waals surface area contributed by atoms with Gasteiger partial charge in [-0.1, -0.05) is 0 Å². The maximum atomic E-state index is 14.7. The topological polar surface area (TPSA) is 87.5 Å². The van der Waals surface area contributed by atoms with Crippen LogP contribution < -0.4 is 10.2 Å². The van der Waals surface area contributed by atoms with Crippen molar-refractivity contribution in [2.45, 2.75) is 24.2 Å². The minimum atomic E-state index is -3.72. The highest BCUT2D eigenvalue weighted by Crippen LogP contribution is 2.29. The van der Waals surface area contributed by atoms with E-state index < -0.39 is 21.7 Å². The summed E-state index contributed by atoms with van der Waals surface area (Å²) in [5, 5.41) is 2.72. The van der Waals surface area contributed by atoms with Gasteiger partial charge in [-0.2, -0.15) is 0 Å². The van der Waals surface area contributed by atoms with Crippen LogP contribution in [0.15, 0.2) is 60.0 Å². The fourth-order valence-electron chi connectivity index (χ4n) is 3.87. The number of piperidine rings is 1. The molecule has 1 saturated heterocycles. The fourth-order valence-corrected chi connectivity index (χ4v) is 4.80. The second kappa shape index (κ2) is 9.32. The minimum Gasteiger partial charge on any atom is -0.371 e. The second-order valence-corrected chi connectivity index (χ2v) is 10.3. The molecule has 1 amide bonds. The molecule has 1 aliphatic rings. The lowest BCUT2D eigenvalue weighted by Crippen LogP contribution is -2.32. The summed E-state index contributed by atoms with van der Waals surface area (Å²) in [6.07, 6.45) is 7.77. The lowest BCUT2D eigenvalue weighted by atomic mass is 10.1. The van der Waals surface area contributed by atoms with Crippen LogP contribution in [0.2, 0.25) is 0 Å². The maximum absolute atomic E-state index is 14.7. The number of nitrogens with one attached hydrogen (secondary N) is 1. The number of halogens is 1. The van der Waals surface area contributed by atoms with Crippen molar-refractivity contribution < 1.29 is 17.6 Å². The quantitative estimate of drug-likeness (QED) is 0.595. The van der Waals surface area contributed by atoms with E-state index in [1.54, 1.807) is 30.6 Å². The zero-order valence-electron chi connectivity index (χ0n) is 18.5. The van der Waals surface area contributed by atoms with E-state index in [0.717, 1.165) is 36.7 Å². The monoisotopic (exact) mass is 471 g/mol. The Morgan fingerprint density at radius 2 is 1.79 bits per heavy atom. The SMILES string of the molecule is CN(C)S(=O)(=O)c1ccc(N2CCCCC2)c(C(=O)Nc2ccc(-n3ccnc3)c(F)c2)c1. The molecule has 174 valence electrons. The van der Waals surface area contributed by atoms with E-state index in [4.69, 9.17) is 0 Å². The Hall–Kier alpha value is -3.24. The van der Waals surface area contributed by atoms with Crippen molar-refractivity contribution in [1.82, 2.24) is 13.9 Å². The van der Waals surface area contributed by atoms with E-state index >= 15 is 0 Å². The highest BCUT2D eigenvalue weighted by Gasteiger charge is 2.24. The van der Waals surface area contributed by atoms with Crippen LogP contribution in [-0.4, -0.2) is 55.4 Å². The van der Waals surface area contributed by atoms with Crippen LogP contribution in [-0.2, 0) is 10.0 Å². The van der Waals surface area contributed by atoms with E-state index in [2.05, 4.69) is 15.2 Å². The van der Waals surface area contributed by atoms with Gasteiger partial charge in [0.25, 0.3) is 5.91 Å². The summed E-state index contributed by atoms with van der Waals surface area (Å²) in [6.45, 7) is 1.57. The first-order valence-electron chi connectivity index (χ1n) is 10.7. The Morgan fingerprint density at radius 1 is 1.06 bits per heavy atom. The minimum absolute atomic E-state index is 0.0278. The first kappa shape index (κ1) is 22.9. The zero-order chi connectivity index (χ0) is 23.6. The van der Waals surface area contributed by atoms with E-state index in [0.29, 0.717) is 11.4 Å². The van der Waals surface area contributed by atoms with Crippen molar-refractivity contribution in [3.63, 3.8) is 0 Å². The van der Waals surface area contributed by atoms with Gasteiger partial charge in [0, 0.05) is 51.0 Å². The summed E-state index contributed by atoms with van der Waals surface area (Å²) in [5.74, 6) is -1.02. The van der Waals surface area contributed by atoms with Crippen molar-refractivity contribution >= 4 is 27.3 Å². The fraction of sp³-hybridized carbons (Fsp3) is 0.304. The van der Waals surface area contributed by atoms with E-state index in [1.807, 2.05) is 0 Å². The summed E-state index contributed by atoms with van der Waals surface area (Å²) in [4.78, 5) is 19.3. The molecule has 0 unspecified atom stereocenters. The largest absolute Gasteiger partial charge is 0.371 e. The Morgan fingerprint density at radius 3 is 2.42 bits per heavy atom. The Kier molecular flexibility index (Phi) is 6.48. The van der Waals surface area contributed by atoms with Gasteiger partial charge < -0.3 is 14.8 Å². The van der Waals surface area contributed by atoms with Crippen LogP contribution in [0.25, 0.3) is 5.69 Å². The van der Waals surface area contributed by atoms with Crippen LogP contribution in [0.4, 0.5) is 15.8 Å². The average Bonchev–Trinajstić information content (AvgIpc) is 3.34. The summed E-state index contributed by atoms with van der Waals surface area (Å²) in [5.41, 5.74) is 1.48. The van der Waals surface area contributed by atoms with Crippen LogP contribution >= 0.6 is 0 Å². The molecule has 33 heavy (non-hydrogen) atoms. The van der Waals surface area contributed by atoms with Crippen molar-refractivity contribution in [2.75, 3.05) is 37.4 Å². The Labute approximate surface area is 192 Å². The molecule has 2 aromatic carbocycles. The zero-order valence-corrected chi connectivity index (χ0v) is 19.3. The van der Waals surface area contributed by atoms with Crippen molar-refractivity contribution in [3.05, 3.63) is 66.5 Å². The maximum Gasteiger partial charge on any atom is 0.257 e. The number of hydrogen-bond acceptors (Lipinski definition) is 5. The van der Waals surface area contributed by atoms with Gasteiger partial charge in [0.05, 0.1) is 22.5 Å². The molecule has 0 saturated carbocycles. The highest BCUT2D eigenvalue weighted by atomic mass is 32.2. The first-order chi connectivity index (χ1) is 15.8. The number of benzene rings is 2. The normalized spacial score (nSPS) is 14.5. The molecule has 10 heteroatoms. The molecule has 1 aromatic heterocycles. The smallest absolute Gasteiger partial charge is 0.257 e. The summed E-state index contributed by atoms with van der Waals surface area (Å²) < 4.78 is 42.6. The van der Waals surface area contributed by atoms with Crippen molar-refractivity contribution in [3.8, 4) is 5.69 Å². The number of nitrogens with zero attached hydrogens (tertiary/aromatic N) is 4. The van der Waals surface area contributed by atoms with Crippen molar-refractivity contribution in [1.29, 1.82) is 0 Å². The van der Waals surface area contributed by atoms with E-state index in [1.165, 1.54) is 43.2 Å². The Bertz CT molecular complexity index is 1250. The molecule has 8 nitrogen and oxygen atoms in total. The molecule has 0 atom stereocenters. The molecule has 1 N–H and O–H groups in total. The third-order valence-corrected chi connectivity index (χ3v) is 7.49. The summed E-state index contributed by atoms with van der Waals surface area (Å²) >= 11 is 0. The van der Waals surface area contributed by atoms with Gasteiger partial charge in [-0.15, -0.1) is 0 Å². The number of anilines is 2. The summed E-state index contributed by atoms with van der Waals surface area (Å²) in [7, 11) is -0.839. The third-order valence-electron chi connectivity index (χ3n) is 5.68.